The molecule has 0 aromatic rings. The van der Waals surface area contributed by atoms with Crippen molar-refractivity contribution >= 4 is 38.6 Å². The molecule has 1 heterocycles. The number of nitrogens with zero attached hydrogens (tertiary/aromatic N) is 1. The van der Waals surface area contributed by atoms with Crippen LogP contribution in [0.25, 0.3) is 0 Å². The Morgan fingerprint density at radius 2 is 2.00 bits per heavy atom. The van der Waals surface area contributed by atoms with Crippen LogP contribution in [0.2, 0.25) is 0 Å². The second kappa shape index (κ2) is 13.9. The monoisotopic (exact) mass is 436 g/mol. The zero-order chi connectivity index (χ0) is 20.9. The lowest BCUT2D eigenvalue weighted by molar-refractivity contribution is -0.137. The third-order valence-corrected chi connectivity index (χ3v) is 5.07. The third-order valence-electron chi connectivity index (χ3n) is 4.34. The molecule has 2 unspecified atom stereocenters. The van der Waals surface area contributed by atoms with E-state index in [-0.39, 0.29) is 41.8 Å². The van der Waals surface area contributed by atoms with Crippen LogP contribution in [0.4, 0.5) is 0 Å². The largest absolute Gasteiger partial charge is 0.396 e. The van der Waals surface area contributed by atoms with Crippen LogP contribution < -0.4 is 5.32 Å². The Bertz CT molecular complexity index is 600. The summed E-state index contributed by atoms with van der Waals surface area (Å²) in [4.78, 5) is 44.9. The van der Waals surface area contributed by atoms with Gasteiger partial charge in [0.15, 0.2) is 0 Å². The fourth-order valence-electron chi connectivity index (χ4n) is 2.73. The van der Waals surface area contributed by atoms with Gasteiger partial charge in [0.2, 0.25) is 5.91 Å². The molecule has 0 aliphatic carbocycles. The quantitative estimate of drug-likeness (QED) is 0.130. The highest BCUT2D eigenvalue weighted by Gasteiger charge is 2.28. The normalized spacial score (nSPS) is 16.2. The number of hydrogen-bond acceptors (Lipinski definition) is 7. The van der Waals surface area contributed by atoms with Gasteiger partial charge < -0.3 is 19.8 Å². The van der Waals surface area contributed by atoms with Crippen LogP contribution in [0.15, 0.2) is 11.0 Å². The van der Waals surface area contributed by atoms with E-state index in [4.69, 9.17) is 10.00 Å². The van der Waals surface area contributed by atoms with Gasteiger partial charge in [0.1, 0.15) is 0 Å². The van der Waals surface area contributed by atoms with Gasteiger partial charge in [-0.25, -0.2) is 0 Å². The molecule has 1 aliphatic heterocycles. The van der Waals surface area contributed by atoms with Crippen molar-refractivity contribution in [1.29, 1.82) is 0 Å². The van der Waals surface area contributed by atoms with Gasteiger partial charge in [-0.1, -0.05) is 12.8 Å². The van der Waals surface area contributed by atoms with E-state index in [1.165, 1.54) is 6.08 Å². The number of unbranched alkanes of at least 4 members (excludes halogenated alkanes) is 3. The highest BCUT2D eigenvalue weighted by molar-refractivity contribution is 7.85. The Kier molecular flexibility index (Phi) is 12.3. The molecule has 160 valence electrons. The van der Waals surface area contributed by atoms with Crippen molar-refractivity contribution < 1.29 is 33.5 Å². The summed E-state index contributed by atoms with van der Waals surface area (Å²) >= 11 is 3.93. The minimum atomic E-state index is -2.97. The van der Waals surface area contributed by atoms with E-state index in [0.717, 1.165) is 24.2 Å². The third kappa shape index (κ3) is 9.84. The molecule has 1 aliphatic rings. The summed E-state index contributed by atoms with van der Waals surface area (Å²) in [6.07, 6.45) is 5.81. The number of imide groups is 1. The van der Waals surface area contributed by atoms with E-state index in [1.54, 1.807) is 0 Å². The first-order valence-electron chi connectivity index (χ1n) is 9.35. The van der Waals surface area contributed by atoms with Crippen molar-refractivity contribution in [1.82, 2.24) is 10.2 Å². The molecule has 3 N–H and O–H groups in total. The number of aliphatic hydroxyl groups excluding tert-OH is 1. The highest BCUT2D eigenvalue weighted by Crippen LogP contribution is 2.19. The lowest BCUT2D eigenvalue weighted by Gasteiger charge is -2.14. The fraction of sp³-hybridized carbons (Fsp3) is 0.706. The van der Waals surface area contributed by atoms with Crippen molar-refractivity contribution in [3.05, 3.63) is 11.0 Å². The van der Waals surface area contributed by atoms with Gasteiger partial charge >= 0.3 is 8.25 Å². The predicted molar refractivity (Wildman–Crippen MR) is 107 cm³/mol. The summed E-state index contributed by atoms with van der Waals surface area (Å²) in [5, 5.41) is 12.0. The van der Waals surface area contributed by atoms with Crippen LogP contribution >= 0.6 is 20.9 Å². The van der Waals surface area contributed by atoms with Crippen molar-refractivity contribution in [2.24, 2.45) is 5.92 Å². The van der Waals surface area contributed by atoms with E-state index < -0.39 is 8.25 Å². The van der Waals surface area contributed by atoms with Gasteiger partial charge in [0.25, 0.3) is 11.8 Å². The Balaban J connectivity index is 2.00. The molecule has 3 amide bonds. The molecule has 0 aromatic heterocycles. The van der Waals surface area contributed by atoms with E-state index in [9.17, 15) is 18.9 Å². The molecule has 0 bridgehead atoms. The maximum Gasteiger partial charge on any atom is 0.316 e. The smallest absolute Gasteiger partial charge is 0.316 e. The molecule has 11 heteroatoms. The summed E-state index contributed by atoms with van der Waals surface area (Å²) in [5.41, 5.74) is 0. The topological polar surface area (TPSA) is 133 Å². The molecule has 0 spiro atoms. The molecular weight excluding hydrogens is 407 g/mol. The van der Waals surface area contributed by atoms with Crippen molar-refractivity contribution in [2.75, 3.05) is 26.3 Å². The number of carbonyl (C=O) groups excluding carboxylic acids is 3. The second-order valence-electron chi connectivity index (χ2n) is 6.61. The molecule has 2 atom stereocenters. The van der Waals surface area contributed by atoms with E-state index >= 15 is 0 Å². The number of amides is 3. The molecule has 0 aromatic carbocycles. The summed E-state index contributed by atoms with van der Waals surface area (Å²) in [5.74, 6) is -0.936. The number of hydrogen-bond donors (Lipinski definition) is 4. The number of nitrogens with one attached hydrogen (secondary N) is 1. The molecule has 0 radical (unpaired) electrons. The summed E-state index contributed by atoms with van der Waals surface area (Å²) in [6.45, 7) is 0.807. The zero-order valence-electron chi connectivity index (χ0n) is 15.8. The van der Waals surface area contributed by atoms with Gasteiger partial charge in [0, 0.05) is 38.1 Å². The number of thiol groups is 1. The summed E-state index contributed by atoms with van der Waals surface area (Å²) in [6, 6.07) is 0. The van der Waals surface area contributed by atoms with Crippen molar-refractivity contribution in [3.63, 3.8) is 0 Å². The average molecular weight is 436 g/mol. The Labute approximate surface area is 170 Å². The first kappa shape index (κ1) is 24.8. The molecule has 0 fully saturated rings. The van der Waals surface area contributed by atoms with Gasteiger partial charge in [-0.15, -0.1) is 12.6 Å². The number of rotatable bonds is 15. The summed E-state index contributed by atoms with van der Waals surface area (Å²) in [7, 11) is -2.97. The minimum absolute atomic E-state index is 0.0476. The first-order chi connectivity index (χ1) is 13.3. The first-order valence-corrected chi connectivity index (χ1v) is 11.1. The lowest BCUT2D eigenvalue weighted by atomic mass is 10.0. The fourth-order valence-corrected chi connectivity index (χ4v) is 3.34. The van der Waals surface area contributed by atoms with Crippen LogP contribution in [0, 0.1) is 5.92 Å². The van der Waals surface area contributed by atoms with E-state index in [0.29, 0.717) is 38.8 Å². The molecule has 28 heavy (non-hydrogen) atoms. The summed E-state index contributed by atoms with van der Waals surface area (Å²) < 4.78 is 15.1. The van der Waals surface area contributed by atoms with Crippen LogP contribution in [0.1, 0.15) is 44.9 Å². The van der Waals surface area contributed by atoms with Crippen LogP contribution in [-0.2, 0) is 23.5 Å². The Morgan fingerprint density at radius 1 is 1.25 bits per heavy atom. The van der Waals surface area contributed by atoms with Gasteiger partial charge in [-0.05, 0) is 25.7 Å². The van der Waals surface area contributed by atoms with Gasteiger partial charge in [0.05, 0.1) is 11.5 Å². The SMILES string of the molecule is O=C(CCCCCN1C(=O)C=C(S)C1=O)NCCCCC(CO)CO[PH](=O)O. The molecule has 0 saturated carbocycles. The predicted octanol–water partition coefficient (Wildman–Crippen LogP) is 1.02. The van der Waals surface area contributed by atoms with E-state index in [1.807, 2.05) is 0 Å². The number of carbonyl (C=O) groups is 3. The standard InChI is InChI=1S/C17H29N2O7PS/c20-11-13(12-26-27(24)25)6-3-4-8-18-15(21)7-2-1-5-9-19-16(22)10-14(28)17(19)23/h10,13,20,27-28H,1-9,11-12H2,(H,18,21)(H,24,25). The van der Waals surface area contributed by atoms with E-state index in [2.05, 4.69) is 22.5 Å². The lowest BCUT2D eigenvalue weighted by Crippen LogP contribution is -2.31. The number of aliphatic hydroxyl groups is 1. The zero-order valence-corrected chi connectivity index (χ0v) is 17.7. The second-order valence-corrected chi connectivity index (χ2v) is 7.91. The van der Waals surface area contributed by atoms with Crippen molar-refractivity contribution in [2.45, 2.75) is 44.9 Å². The maximum atomic E-state index is 11.8. The van der Waals surface area contributed by atoms with Crippen molar-refractivity contribution in [3.8, 4) is 0 Å². The van der Waals surface area contributed by atoms with Crippen LogP contribution in [-0.4, -0.2) is 58.9 Å². The molecule has 0 saturated heterocycles. The Hall–Kier alpha value is -1.19. The maximum absolute atomic E-state index is 11.8. The van der Waals surface area contributed by atoms with Crippen LogP contribution in [0.3, 0.4) is 0 Å². The average Bonchev–Trinajstić information content (AvgIpc) is 2.89. The molecule has 1 rings (SSSR count). The molecular formula is C17H29N2O7PS. The Morgan fingerprint density at radius 3 is 2.61 bits per heavy atom. The molecule has 9 nitrogen and oxygen atoms in total. The highest BCUT2D eigenvalue weighted by atomic mass is 32.1. The van der Waals surface area contributed by atoms with Crippen LogP contribution in [0.5, 0.6) is 0 Å². The minimum Gasteiger partial charge on any atom is -0.396 e. The van der Waals surface area contributed by atoms with Gasteiger partial charge in [-0.2, -0.15) is 0 Å². The van der Waals surface area contributed by atoms with Gasteiger partial charge in [-0.3, -0.25) is 23.8 Å².